The average molecular weight is 286 g/mol. The Bertz CT molecular complexity index is 607. The van der Waals surface area contributed by atoms with E-state index in [4.69, 9.17) is 5.11 Å². The van der Waals surface area contributed by atoms with E-state index >= 15 is 0 Å². The number of H-pyrrole nitrogens is 1. The molecule has 0 saturated carbocycles. The van der Waals surface area contributed by atoms with Gasteiger partial charge < -0.3 is 5.11 Å². The van der Waals surface area contributed by atoms with Crippen LogP contribution < -0.4 is 0 Å². The molecular weight excluding hydrogens is 282 g/mol. The zero-order chi connectivity index (χ0) is 11.9. The molecule has 82 valence electrons. The molecule has 0 bridgehead atoms. The van der Waals surface area contributed by atoms with Gasteiger partial charge in [-0.3, -0.25) is 15.2 Å². The number of halogens is 1. The molecule has 0 radical (unpaired) electrons. The minimum atomic E-state index is -1.31. The van der Waals surface area contributed by atoms with Gasteiger partial charge in [-0.2, -0.15) is 5.10 Å². The van der Waals surface area contributed by atoms with Crippen molar-refractivity contribution in [1.29, 1.82) is 0 Å². The molecule has 0 amide bonds. The molecule has 0 fully saturated rings. The summed E-state index contributed by atoms with van der Waals surface area (Å²) < 4.78 is 0.479. The molecule has 8 heteroatoms. The molecule has 2 aromatic rings. The van der Waals surface area contributed by atoms with Crippen LogP contribution >= 0.6 is 15.9 Å². The number of aromatic carboxylic acids is 1. The number of fused-ring (bicyclic) bond motifs is 1. The summed E-state index contributed by atoms with van der Waals surface area (Å²) in [6, 6.07) is 2.77. The van der Waals surface area contributed by atoms with Crippen molar-refractivity contribution in [3.05, 3.63) is 32.4 Å². The van der Waals surface area contributed by atoms with E-state index in [9.17, 15) is 14.9 Å². The third-order valence-corrected chi connectivity index (χ3v) is 2.46. The Hall–Kier alpha value is -1.96. The number of nitrogens with one attached hydrogen (secondary N) is 1. The fourth-order valence-corrected chi connectivity index (χ4v) is 1.85. The molecular formula is C8H4BrN3O4. The number of hydrogen-bond donors (Lipinski definition) is 2. The predicted octanol–water partition coefficient (Wildman–Crippen LogP) is 1.93. The number of aromatic amines is 1. The monoisotopic (exact) mass is 285 g/mol. The highest BCUT2D eigenvalue weighted by Crippen LogP contribution is 2.30. The molecule has 0 spiro atoms. The van der Waals surface area contributed by atoms with Crippen molar-refractivity contribution in [2.45, 2.75) is 0 Å². The summed E-state index contributed by atoms with van der Waals surface area (Å²) in [5.41, 5.74) is -0.344. The lowest BCUT2D eigenvalue weighted by molar-refractivity contribution is -0.383. The molecule has 0 saturated heterocycles. The van der Waals surface area contributed by atoms with Crippen LogP contribution in [0, 0.1) is 10.1 Å². The van der Waals surface area contributed by atoms with Crippen LogP contribution in [0.25, 0.3) is 10.9 Å². The van der Waals surface area contributed by atoms with Crippen molar-refractivity contribution >= 4 is 38.5 Å². The maximum atomic E-state index is 10.8. The van der Waals surface area contributed by atoms with E-state index in [0.29, 0.717) is 9.99 Å². The molecule has 16 heavy (non-hydrogen) atoms. The van der Waals surface area contributed by atoms with E-state index in [1.165, 1.54) is 12.1 Å². The summed E-state index contributed by atoms with van der Waals surface area (Å²) in [5.74, 6) is -1.31. The van der Waals surface area contributed by atoms with Crippen molar-refractivity contribution in [2.75, 3.05) is 0 Å². The highest BCUT2D eigenvalue weighted by Gasteiger charge is 2.23. The Morgan fingerprint density at radius 1 is 1.56 bits per heavy atom. The maximum absolute atomic E-state index is 10.8. The van der Waals surface area contributed by atoms with Gasteiger partial charge in [-0.25, -0.2) is 4.79 Å². The van der Waals surface area contributed by atoms with Crippen LogP contribution in [0.2, 0.25) is 0 Å². The van der Waals surface area contributed by atoms with Gasteiger partial charge in [0.05, 0.1) is 10.4 Å². The third-order valence-electron chi connectivity index (χ3n) is 2.01. The summed E-state index contributed by atoms with van der Waals surface area (Å²) in [6.45, 7) is 0. The molecule has 2 rings (SSSR count). The Morgan fingerprint density at radius 2 is 2.25 bits per heavy atom. The van der Waals surface area contributed by atoms with Crippen molar-refractivity contribution in [3.63, 3.8) is 0 Å². The Labute approximate surface area is 96.4 Å². The second-order valence-corrected chi connectivity index (χ2v) is 3.90. The van der Waals surface area contributed by atoms with Gasteiger partial charge in [0.15, 0.2) is 5.69 Å². The molecule has 7 nitrogen and oxygen atoms in total. The predicted molar refractivity (Wildman–Crippen MR) is 57.4 cm³/mol. The van der Waals surface area contributed by atoms with Crippen molar-refractivity contribution in [2.24, 2.45) is 0 Å². The van der Waals surface area contributed by atoms with Gasteiger partial charge in [-0.15, -0.1) is 0 Å². The van der Waals surface area contributed by atoms with Crippen LogP contribution in [0.15, 0.2) is 16.6 Å². The molecule has 0 atom stereocenters. The molecule has 2 N–H and O–H groups in total. The molecule has 0 aliphatic rings. The number of rotatable bonds is 2. The number of nitro groups is 1. The minimum absolute atomic E-state index is 0.000648. The standard InChI is InChI=1S/C8H4BrN3O4/c9-3-1-4-6(5(2-3)12(15)16)7(8(13)14)11-10-4/h1-2H,(H,10,11)(H,13,14). The smallest absolute Gasteiger partial charge is 0.357 e. The number of carbonyl (C=O) groups is 1. The molecule has 1 heterocycles. The van der Waals surface area contributed by atoms with E-state index in [1.807, 2.05) is 0 Å². The number of aromatic nitrogens is 2. The second-order valence-electron chi connectivity index (χ2n) is 2.98. The van der Waals surface area contributed by atoms with Gasteiger partial charge in [-0.05, 0) is 6.07 Å². The van der Waals surface area contributed by atoms with Gasteiger partial charge in [0.25, 0.3) is 5.69 Å². The zero-order valence-electron chi connectivity index (χ0n) is 7.60. The normalized spacial score (nSPS) is 10.6. The topological polar surface area (TPSA) is 109 Å². The first-order valence-electron chi connectivity index (χ1n) is 4.06. The van der Waals surface area contributed by atoms with Gasteiger partial charge in [0.1, 0.15) is 5.39 Å². The van der Waals surface area contributed by atoms with Crippen molar-refractivity contribution in [3.8, 4) is 0 Å². The molecule has 0 unspecified atom stereocenters. The van der Waals surface area contributed by atoms with E-state index < -0.39 is 10.9 Å². The Morgan fingerprint density at radius 3 is 2.81 bits per heavy atom. The fourth-order valence-electron chi connectivity index (χ4n) is 1.40. The number of hydrogen-bond acceptors (Lipinski definition) is 4. The summed E-state index contributed by atoms with van der Waals surface area (Å²) in [4.78, 5) is 21.0. The zero-order valence-corrected chi connectivity index (χ0v) is 9.19. The number of nitrogens with zero attached hydrogens (tertiary/aromatic N) is 2. The van der Waals surface area contributed by atoms with Crippen LogP contribution in [0.3, 0.4) is 0 Å². The maximum Gasteiger partial charge on any atom is 0.357 e. The van der Waals surface area contributed by atoms with Gasteiger partial charge >= 0.3 is 5.97 Å². The number of carboxylic acid groups (broad SMARTS) is 1. The Balaban J connectivity index is 2.90. The minimum Gasteiger partial charge on any atom is -0.476 e. The Kier molecular flexibility index (Phi) is 2.35. The average Bonchev–Trinajstić information content (AvgIpc) is 2.59. The first-order chi connectivity index (χ1) is 7.50. The summed E-state index contributed by atoms with van der Waals surface area (Å²) in [7, 11) is 0. The summed E-state index contributed by atoms with van der Waals surface area (Å²) >= 11 is 3.10. The SMILES string of the molecule is O=C(O)c1n[nH]c2cc(Br)cc([N+](=O)[O-])c12. The lowest BCUT2D eigenvalue weighted by Crippen LogP contribution is -1.99. The summed E-state index contributed by atoms with van der Waals surface area (Å²) in [5, 5.41) is 25.6. The fraction of sp³-hybridized carbons (Fsp3) is 0. The molecule has 1 aromatic heterocycles. The van der Waals surface area contributed by atoms with Crippen molar-refractivity contribution in [1.82, 2.24) is 10.2 Å². The lowest BCUT2D eigenvalue weighted by atomic mass is 10.2. The van der Waals surface area contributed by atoms with Crippen LogP contribution in [-0.2, 0) is 0 Å². The number of benzene rings is 1. The molecule has 0 aliphatic carbocycles. The molecule has 1 aromatic carbocycles. The van der Waals surface area contributed by atoms with Crippen molar-refractivity contribution < 1.29 is 14.8 Å². The van der Waals surface area contributed by atoms with E-state index in [2.05, 4.69) is 26.1 Å². The third kappa shape index (κ3) is 1.52. The quantitative estimate of drug-likeness (QED) is 0.647. The van der Waals surface area contributed by atoms with E-state index in [0.717, 1.165) is 0 Å². The van der Waals surface area contributed by atoms with E-state index in [-0.39, 0.29) is 16.8 Å². The van der Waals surface area contributed by atoms with Crippen LogP contribution in [0.5, 0.6) is 0 Å². The van der Waals surface area contributed by atoms with E-state index in [1.54, 1.807) is 0 Å². The van der Waals surface area contributed by atoms with Crippen LogP contribution in [0.4, 0.5) is 5.69 Å². The number of nitro benzene ring substituents is 1. The summed E-state index contributed by atoms with van der Waals surface area (Å²) in [6.07, 6.45) is 0. The first-order valence-corrected chi connectivity index (χ1v) is 4.85. The van der Waals surface area contributed by atoms with Gasteiger partial charge in [-0.1, -0.05) is 15.9 Å². The second kappa shape index (κ2) is 3.56. The largest absolute Gasteiger partial charge is 0.476 e. The molecule has 0 aliphatic heterocycles. The van der Waals surface area contributed by atoms with Crippen LogP contribution in [0.1, 0.15) is 10.5 Å². The van der Waals surface area contributed by atoms with Gasteiger partial charge in [0.2, 0.25) is 0 Å². The van der Waals surface area contributed by atoms with Crippen LogP contribution in [-0.4, -0.2) is 26.2 Å². The lowest BCUT2D eigenvalue weighted by Gasteiger charge is -1.96. The first kappa shape index (κ1) is 10.6. The number of non-ortho nitro benzene ring substituents is 1. The highest BCUT2D eigenvalue weighted by molar-refractivity contribution is 9.10. The highest BCUT2D eigenvalue weighted by atomic mass is 79.9. The van der Waals surface area contributed by atoms with Gasteiger partial charge in [0, 0.05) is 10.5 Å². The number of carboxylic acids is 1.